The number of fused-ring (bicyclic) bond motifs is 1. The van der Waals surface area contributed by atoms with Gasteiger partial charge in [-0.05, 0) is 18.2 Å². The van der Waals surface area contributed by atoms with Crippen molar-refractivity contribution in [1.29, 1.82) is 0 Å². The van der Waals surface area contributed by atoms with Crippen molar-refractivity contribution in [3.05, 3.63) is 54.5 Å². The van der Waals surface area contributed by atoms with Gasteiger partial charge in [-0.25, -0.2) is 0 Å². The number of rotatable bonds is 4. The van der Waals surface area contributed by atoms with E-state index in [0.29, 0.717) is 24.4 Å². The first-order valence-corrected chi connectivity index (χ1v) is 8.69. The summed E-state index contributed by atoms with van der Waals surface area (Å²) in [5.41, 5.74) is 1.08. The van der Waals surface area contributed by atoms with Crippen molar-refractivity contribution in [2.75, 3.05) is 13.6 Å². The molecule has 0 spiro atoms. The maximum atomic E-state index is 13.1. The number of pyridine rings is 1. The number of carbonyl (C=O) groups excluding carboxylic acids is 2. The number of hydrogen-bond donors (Lipinski definition) is 2. The van der Waals surface area contributed by atoms with E-state index >= 15 is 0 Å². The molecule has 4 rings (SSSR count). The molecule has 2 aromatic heterocycles. The number of carbonyl (C=O) groups is 2. The largest absolute Gasteiger partial charge is 0.487 e. The van der Waals surface area contributed by atoms with Gasteiger partial charge in [0.25, 0.3) is 5.91 Å². The second-order valence-corrected chi connectivity index (χ2v) is 6.37. The lowest BCUT2D eigenvalue weighted by atomic mass is 10.1. The highest BCUT2D eigenvalue weighted by molar-refractivity contribution is 6.06. The van der Waals surface area contributed by atoms with Gasteiger partial charge in [0.15, 0.2) is 5.69 Å². The molecule has 0 aliphatic carbocycles. The number of H-pyrrole nitrogens is 1. The molecule has 1 saturated heterocycles. The van der Waals surface area contributed by atoms with E-state index in [1.54, 1.807) is 31.6 Å². The fraction of sp³-hybridized carbons (Fsp3) is 0.263. The molecular formula is C19H19N5O3. The van der Waals surface area contributed by atoms with Gasteiger partial charge in [-0.2, -0.15) is 5.10 Å². The SMILES string of the molecule is CNC(=O)[C@@H]1C[C@H](Oc2cccnc2)CN1C(=O)c1n[nH]c2ccccc12. The van der Waals surface area contributed by atoms with E-state index in [9.17, 15) is 9.59 Å². The minimum atomic E-state index is -0.611. The molecular weight excluding hydrogens is 346 g/mol. The molecule has 1 fully saturated rings. The quantitative estimate of drug-likeness (QED) is 0.727. The van der Waals surface area contributed by atoms with Crippen LogP contribution in [0.1, 0.15) is 16.9 Å². The summed E-state index contributed by atoms with van der Waals surface area (Å²) in [4.78, 5) is 31.1. The molecule has 1 aliphatic rings. The van der Waals surface area contributed by atoms with E-state index in [-0.39, 0.29) is 17.9 Å². The second kappa shape index (κ2) is 7.06. The van der Waals surface area contributed by atoms with Crippen molar-refractivity contribution >= 4 is 22.7 Å². The predicted octanol–water partition coefficient (Wildman–Crippen LogP) is 1.37. The summed E-state index contributed by atoms with van der Waals surface area (Å²) in [6.07, 6.45) is 3.38. The van der Waals surface area contributed by atoms with Gasteiger partial charge >= 0.3 is 0 Å². The van der Waals surface area contributed by atoms with Gasteiger partial charge in [0.2, 0.25) is 5.91 Å². The zero-order valence-corrected chi connectivity index (χ0v) is 14.8. The average Bonchev–Trinajstić information content (AvgIpc) is 3.32. The van der Waals surface area contributed by atoms with Crippen LogP contribution in [0.25, 0.3) is 10.9 Å². The highest BCUT2D eigenvalue weighted by Crippen LogP contribution is 2.26. The molecule has 0 unspecified atom stereocenters. The number of likely N-dealkylation sites (tertiary alicyclic amines) is 1. The molecule has 1 aliphatic heterocycles. The van der Waals surface area contributed by atoms with Crippen LogP contribution < -0.4 is 10.1 Å². The lowest BCUT2D eigenvalue weighted by Gasteiger charge is -2.22. The number of benzene rings is 1. The fourth-order valence-corrected chi connectivity index (χ4v) is 3.39. The van der Waals surface area contributed by atoms with Crippen LogP contribution in [0.2, 0.25) is 0 Å². The molecule has 2 atom stereocenters. The van der Waals surface area contributed by atoms with Crippen LogP contribution in [0.5, 0.6) is 5.75 Å². The van der Waals surface area contributed by atoms with Crippen molar-refractivity contribution in [1.82, 2.24) is 25.4 Å². The van der Waals surface area contributed by atoms with Crippen LogP contribution in [0.4, 0.5) is 0 Å². The molecule has 0 bridgehead atoms. The molecule has 138 valence electrons. The van der Waals surface area contributed by atoms with Crippen LogP contribution in [0.3, 0.4) is 0 Å². The van der Waals surface area contributed by atoms with Crippen LogP contribution in [0.15, 0.2) is 48.8 Å². The van der Waals surface area contributed by atoms with E-state index < -0.39 is 6.04 Å². The molecule has 0 saturated carbocycles. The first-order valence-electron chi connectivity index (χ1n) is 8.69. The highest BCUT2D eigenvalue weighted by Gasteiger charge is 2.41. The zero-order valence-electron chi connectivity index (χ0n) is 14.8. The van der Waals surface area contributed by atoms with Crippen LogP contribution in [0, 0.1) is 0 Å². The Labute approximate surface area is 155 Å². The number of likely N-dealkylation sites (N-methyl/N-ethyl adjacent to an activating group) is 1. The molecule has 3 heterocycles. The molecule has 0 radical (unpaired) electrons. The molecule has 3 aromatic rings. The Kier molecular flexibility index (Phi) is 4.45. The van der Waals surface area contributed by atoms with Crippen LogP contribution >= 0.6 is 0 Å². The lowest BCUT2D eigenvalue weighted by Crippen LogP contribution is -2.45. The first kappa shape index (κ1) is 17.0. The van der Waals surface area contributed by atoms with E-state index in [0.717, 1.165) is 10.9 Å². The normalized spacial score (nSPS) is 19.2. The van der Waals surface area contributed by atoms with Crippen LogP contribution in [-0.4, -0.2) is 57.6 Å². The number of aromatic amines is 1. The summed E-state index contributed by atoms with van der Waals surface area (Å²) in [5, 5.41) is 10.4. The third-order valence-electron chi connectivity index (χ3n) is 4.68. The summed E-state index contributed by atoms with van der Waals surface area (Å²) in [5.74, 6) is 0.0940. The smallest absolute Gasteiger partial charge is 0.275 e. The summed E-state index contributed by atoms with van der Waals surface area (Å²) < 4.78 is 5.92. The van der Waals surface area contributed by atoms with E-state index in [1.165, 1.54) is 4.90 Å². The van der Waals surface area contributed by atoms with Gasteiger partial charge < -0.3 is 15.0 Å². The average molecular weight is 365 g/mol. The maximum Gasteiger partial charge on any atom is 0.275 e. The standard InChI is InChI=1S/C19H19N5O3/c1-20-18(25)16-9-13(27-12-5-4-8-21-10-12)11-24(16)19(26)17-14-6-2-3-7-15(14)22-23-17/h2-8,10,13,16H,9,11H2,1H3,(H,20,25)(H,22,23)/t13-,16-/m0/s1. The zero-order chi connectivity index (χ0) is 18.8. The Bertz CT molecular complexity index is 972. The minimum Gasteiger partial charge on any atom is -0.487 e. The Morgan fingerprint density at radius 1 is 1.26 bits per heavy atom. The Morgan fingerprint density at radius 2 is 2.11 bits per heavy atom. The number of nitrogens with zero attached hydrogens (tertiary/aromatic N) is 3. The minimum absolute atomic E-state index is 0.222. The van der Waals surface area contributed by atoms with Crippen molar-refractivity contribution in [2.24, 2.45) is 0 Å². The third-order valence-corrected chi connectivity index (χ3v) is 4.68. The number of amides is 2. The lowest BCUT2D eigenvalue weighted by molar-refractivity contribution is -0.124. The maximum absolute atomic E-state index is 13.1. The van der Waals surface area contributed by atoms with Gasteiger partial charge in [-0.1, -0.05) is 18.2 Å². The molecule has 2 amide bonds. The van der Waals surface area contributed by atoms with Crippen molar-refractivity contribution < 1.29 is 14.3 Å². The number of aromatic nitrogens is 3. The third kappa shape index (κ3) is 3.21. The van der Waals surface area contributed by atoms with Crippen molar-refractivity contribution in [3.63, 3.8) is 0 Å². The fourth-order valence-electron chi connectivity index (χ4n) is 3.39. The van der Waals surface area contributed by atoms with Gasteiger partial charge in [0.1, 0.15) is 17.9 Å². The first-order chi connectivity index (χ1) is 13.2. The molecule has 8 heteroatoms. The summed E-state index contributed by atoms with van der Waals surface area (Å²) in [6.45, 7) is 0.299. The molecule has 8 nitrogen and oxygen atoms in total. The second-order valence-electron chi connectivity index (χ2n) is 6.37. The monoisotopic (exact) mass is 365 g/mol. The Morgan fingerprint density at radius 3 is 2.89 bits per heavy atom. The summed E-state index contributed by atoms with van der Waals surface area (Å²) in [7, 11) is 1.56. The number of para-hydroxylation sites is 1. The number of ether oxygens (including phenoxy) is 1. The van der Waals surface area contributed by atoms with Gasteiger partial charge in [-0.15, -0.1) is 0 Å². The molecule has 27 heavy (non-hydrogen) atoms. The molecule has 2 N–H and O–H groups in total. The van der Waals surface area contributed by atoms with E-state index in [4.69, 9.17) is 4.74 Å². The topological polar surface area (TPSA) is 100 Å². The molecule has 1 aromatic carbocycles. The number of hydrogen-bond acceptors (Lipinski definition) is 5. The van der Waals surface area contributed by atoms with Crippen LogP contribution in [-0.2, 0) is 4.79 Å². The van der Waals surface area contributed by atoms with E-state index in [2.05, 4.69) is 20.5 Å². The van der Waals surface area contributed by atoms with Gasteiger partial charge in [-0.3, -0.25) is 19.7 Å². The highest BCUT2D eigenvalue weighted by atomic mass is 16.5. The Balaban J connectivity index is 1.60. The van der Waals surface area contributed by atoms with Gasteiger partial charge in [0.05, 0.1) is 18.3 Å². The Hall–Kier alpha value is -3.42. The van der Waals surface area contributed by atoms with Crippen molar-refractivity contribution in [3.8, 4) is 5.75 Å². The van der Waals surface area contributed by atoms with Crippen molar-refractivity contribution in [2.45, 2.75) is 18.6 Å². The predicted molar refractivity (Wildman–Crippen MR) is 98.3 cm³/mol. The van der Waals surface area contributed by atoms with E-state index in [1.807, 2.05) is 24.3 Å². The summed E-state index contributed by atoms with van der Waals surface area (Å²) >= 11 is 0. The number of nitrogens with one attached hydrogen (secondary N) is 2. The van der Waals surface area contributed by atoms with Gasteiger partial charge in [0, 0.05) is 25.1 Å². The summed E-state index contributed by atoms with van der Waals surface area (Å²) in [6, 6.07) is 10.4.